The van der Waals surface area contributed by atoms with Gasteiger partial charge in [0.2, 0.25) is 0 Å². The zero-order chi connectivity index (χ0) is 14.5. The fourth-order valence-corrected chi connectivity index (χ4v) is 2.73. The number of hydrogen-bond donors (Lipinski definition) is 0. The van der Waals surface area contributed by atoms with Crippen LogP contribution < -0.4 is 0 Å². The Bertz CT molecular complexity index is 450. The summed E-state index contributed by atoms with van der Waals surface area (Å²) in [5, 5.41) is 0. The molecule has 0 spiro atoms. The van der Waals surface area contributed by atoms with Gasteiger partial charge in [-0.25, -0.2) is 0 Å². The van der Waals surface area contributed by atoms with Crippen LogP contribution in [0.5, 0.6) is 0 Å². The van der Waals surface area contributed by atoms with E-state index in [0.29, 0.717) is 12.2 Å². The van der Waals surface area contributed by atoms with Crippen molar-refractivity contribution in [3.05, 3.63) is 34.9 Å². The van der Waals surface area contributed by atoms with Crippen molar-refractivity contribution in [2.75, 3.05) is 26.4 Å². The second-order valence-corrected chi connectivity index (χ2v) is 6.15. The maximum atomic E-state index is 5.63. The SMILES string of the molecule is CCCc1ccc(CCCOCC2CO2)c(CC2CO2)c1. The average Bonchev–Trinajstić information content (AvgIpc) is 3.35. The lowest BCUT2D eigenvalue weighted by Gasteiger charge is -2.11. The summed E-state index contributed by atoms with van der Waals surface area (Å²) in [4.78, 5) is 0. The third-order valence-corrected chi connectivity index (χ3v) is 4.10. The highest BCUT2D eigenvalue weighted by Crippen LogP contribution is 2.22. The molecule has 3 heteroatoms. The van der Waals surface area contributed by atoms with E-state index in [-0.39, 0.29) is 0 Å². The maximum Gasteiger partial charge on any atom is 0.104 e. The second-order valence-electron chi connectivity index (χ2n) is 6.15. The first-order valence-corrected chi connectivity index (χ1v) is 8.26. The number of epoxide rings is 2. The van der Waals surface area contributed by atoms with Crippen LogP contribution in [0.15, 0.2) is 18.2 Å². The summed E-state index contributed by atoms with van der Waals surface area (Å²) in [7, 11) is 0. The molecular weight excluding hydrogens is 264 g/mol. The Hall–Kier alpha value is -0.900. The largest absolute Gasteiger partial charge is 0.379 e. The van der Waals surface area contributed by atoms with E-state index in [1.807, 2.05) is 0 Å². The second kappa shape index (κ2) is 7.39. The van der Waals surface area contributed by atoms with Crippen LogP contribution in [0.4, 0.5) is 0 Å². The van der Waals surface area contributed by atoms with Gasteiger partial charge in [-0.3, -0.25) is 0 Å². The van der Waals surface area contributed by atoms with Crippen molar-refractivity contribution >= 4 is 0 Å². The third-order valence-electron chi connectivity index (χ3n) is 4.10. The summed E-state index contributed by atoms with van der Waals surface area (Å²) < 4.78 is 16.2. The molecule has 3 nitrogen and oxygen atoms in total. The normalized spacial score (nSPS) is 23.3. The van der Waals surface area contributed by atoms with Crippen LogP contribution in [0.1, 0.15) is 36.5 Å². The Kier molecular flexibility index (Phi) is 5.28. The quantitative estimate of drug-likeness (QED) is 0.491. The standard InChI is InChI=1S/C18H26O3/c1-2-4-14-6-7-15(16(9-14)10-17-12-20-17)5-3-8-19-11-18-13-21-18/h6-7,9,17-18H,2-5,8,10-13H2,1H3. The van der Waals surface area contributed by atoms with Gasteiger partial charge in [0.25, 0.3) is 0 Å². The van der Waals surface area contributed by atoms with E-state index in [9.17, 15) is 0 Å². The first-order valence-electron chi connectivity index (χ1n) is 8.26. The molecular formula is C18H26O3. The Morgan fingerprint density at radius 1 is 1.10 bits per heavy atom. The van der Waals surface area contributed by atoms with Crippen molar-refractivity contribution in [3.63, 3.8) is 0 Å². The van der Waals surface area contributed by atoms with Gasteiger partial charge in [-0.05, 0) is 36.0 Å². The van der Waals surface area contributed by atoms with Gasteiger partial charge in [0.1, 0.15) is 6.10 Å². The Balaban J connectivity index is 1.50. The molecule has 2 aliphatic heterocycles. The first-order chi connectivity index (χ1) is 10.3. The fourth-order valence-electron chi connectivity index (χ4n) is 2.73. The van der Waals surface area contributed by atoms with Crippen molar-refractivity contribution in [2.45, 2.75) is 51.2 Å². The molecule has 2 aliphatic rings. The Morgan fingerprint density at radius 2 is 1.90 bits per heavy atom. The molecule has 1 aromatic rings. The monoisotopic (exact) mass is 290 g/mol. The van der Waals surface area contributed by atoms with E-state index >= 15 is 0 Å². The summed E-state index contributed by atoms with van der Waals surface area (Å²) in [5.41, 5.74) is 4.41. The van der Waals surface area contributed by atoms with E-state index < -0.39 is 0 Å². The van der Waals surface area contributed by atoms with E-state index in [4.69, 9.17) is 14.2 Å². The summed E-state index contributed by atoms with van der Waals surface area (Å²) in [5.74, 6) is 0. The Labute approximate surface area is 127 Å². The molecule has 2 saturated heterocycles. The van der Waals surface area contributed by atoms with Gasteiger partial charge in [-0.2, -0.15) is 0 Å². The van der Waals surface area contributed by atoms with Crippen molar-refractivity contribution in [1.29, 1.82) is 0 Å². The zero-order valence-corrected chi connectivity index (χ0v) is 13.0. The van der Waals surface area contributed by atoms with Crippen LogP contribution >= 0.6 is 0 Å². The summed E-state index contributed by atoms with van der Waals surface area (Å²) in [6, 6.07) is 6.99. The molecule has 0 aliphatic carbocycles. The molecule has 21 heavy (non-hydrogen) atoms. The predicted molar refractivity (Wildman–Crippen MR) is 82.8 cm³/mol. The number of aryl methyl sites for hydroxylation is 2. The Morgan fingerprint density at radius 3 is 2.62 bits per heavy atom. The van der Waals surface area contributed by atoms with Crippen LogP contribution in [0.3, 0.4) is 0 Å². The molecule has 0 aromatic heterocycles. The topological polar surface area (TPSA) is 34.3 Å². The van der Waals surface area contributed by atoms with Crippen LogP contribution in [-0.4, -0.2) is 38.6 Å². The lowest BCUT2D eigenvalue weighted by molar-refractivity contribution is 0.114. The molecule has 0 radical (unpaired) electrons. The van der Waals surface area contributed by atoms with Gasteiger partial charge >= 0.3 is 0 Å². The lowest BCUT2D eigenvalue weighted by atomic mass is 9.95. The minimum absolute atomic E-state index is 0.376. The first kappa shape index (κ1) is 15.0. The highest BCUT2D eigenvalue weighted by atomic mass is 16.6. The summed E-state index contributed by atoms with van der Waals surface area (Å²) >= 11 is 0. The fraction of sp³-hybridized carbons (Fsp3) is 0.667. The molecule has 0 bridgehead atoms. The van der Waals surface area contributed by atoms with Crippen LogP contribution in [-0.2, 0) is 33.5 Å². The molecule has 2 atom stereocenters. The zero-order valence-electron chi connectivity index (χ0n) is 13.0. The molecule has 1 aromatic carbocycles. The van der Waals surface area contributed by atoms with Crippen molar-refractivity contribution in [2.24, 2.45) is 0 Å². The van der Waals surface area contributed by atoms with Crippen molar-refractivity contribution in [3.8, 4) is 0 Å². The molecule has 2 fully saturated rings. The van der Waals surface area contributed by atoms with Crippen LogP contribution in [0, 0.1) is 0 Å². The van der Waals surface area contributed by atoms with E-state index in [2.05, 4.69) is 25.1 Å². The smallest absolute Gasteiger partial charge is 0.104 e. The van der Waals surface area contributed by atoms with Crippen molar-refractivity contribution < 1.29 is 14.2 Å². The summed E-state index contributed by atoms with van der Waals surface area (Å²) in [6.45, 7) is 5.64. The highest BCUT2D eigenvalue weighted by Gasteiger charge is 2.24. The molecule has 2 unspecified atom stereocenters. The van der Waals surface area contributed by atoms with E-state index in [1.54, 1.807) is 0 Å². The van der Waals surface area contributed by atoms with Gasteiger partial charge in [0.15, 0.2) is 0 Å². The molecule has 2 heterocycles. The van der Waals surface area contributed by atoms with E-state index in [0.717, 1.165) is 45.7 Å². The number of hydrogen-bond acceptors (Lipinski definition) is 3. The predicted octanol–water partition coefficient (Wildman–Crippen LogP) is 2.93. The van der Waals surface area contributed by atoms with Gasteiger partial charge in [-0.1, -0.05) is 31.5 Å². The molecule has 116 valence electrons. The average molecular weight is 290 g/mol. The van der Waals surface area contributed by atoms with Gasteiger partial charge < -0.3 is 14.2 Å². The minimum Gasteiger partial charge on any atom is -0.379 e. The number of rotatable bonds is 10. The number of benzene rings is 1. The number of ether oxygens (including phenoxy) is 3. The van der Waals surface area contributed by atoms with Gasteiger partial charge in [0.05, 0.1) is 25.9 Å². The molecule has 0 N–H and O–H groups in total. The van der Waals surface area contributed by atoms with Gasteiger partial charge in [-0.15, -0.1) is 0 Å². The minimum atomic E-state index is 0.376. The molecule has 0 amide bonds. The third kappa shape index (κ3) is 5.10. The molecule has 3 rings (SSSR count). The van der Waals surface area contributed by atoms with E-state index in [1.165, 1.54) is 29.5 Å². The van der Waals surface area contributed by atoms with Crippen LogP contribution in [0.25, 0.3) is 0 Å². The lowest BCUT2D eigenvalue weighted by Crippen LogP contribution is -2.05. The van der Waals surface area contributed by atoms with Crippen LogP contribution in [0.2, 0.25) is 0 Å². The van der Waals surface area contributed by atoms with Crippen molar-refractivity contribution in [1.82, 2.24) is 0 Å². The maximum absolute atomic E-state index is 5.63. The molecule has 0 saturated carbocycles. The summed E-state index contributed by atoms with van der Waals surface area (Å²) in [6.07, 6.45) is 6.46. The highest BCUT2D eigenvalue weighted by molar-refractivity contribution is 5.33. The van der Waals surface area contributed by atoms with Gasteiger partial charge in [0, 0.05) is 13.0 Å².